The van der Waals surface area contributed by atoms with E-state index in [0.29, 0.717) is 5.56 Å². The average Bonchev–Trinajstić information content (AvgIpc) is 2.39. The zero-order valence-corrected chi connectivity index (χ0v) is 14.6. The molecule has 5 nitrogen and oxygen atoms in total. The predicted molar refractivity (Wildman–Crippen MR) is 86.5 cm³/mol. The molecule has 0 aromatic heterocycles. The van der Waals surface area contributed by atoms with Crippen molar-refractivity contribution in [3.8, 4) is 0 Å². The largest absolute Gasteiger partial charge is 0.278 e. The van der Waals surface area contributed by atoms with Gasteiger partial charge in [0, 0.05) is 6.26 Å². The summed E-state index contributed by atoms with van der Waals surface area (Å²) >= 11 is 5.87. The first kappa shape index (κ1) is 17.7. The Morgan fingerprint density at radius 1 is 1.09 bits per heavy atom. The lowest BCUT2D eigenvalue weighted by molar-refractivity contribution is 0.594. The molecule has 0 fully saturated rings. The van der Waals surface area contributed by atoms with Crippen molar-refractivity contribution in [1.29, 1.82) is 0 Å². The summed E-state index contributed by atoms with van der Waals surface area (Å²) in [4.78, 5) is -0.615. The van der Waals surface area contributed by atoms with Gasteiger partial charge in [0.1, 0.15) is 10.7 Å². The summed E-state index contributed by atoms with van der Waals surface area (Å²) in [6.45, 7) is 1.50. The third kappa shape index (κ3) is 3.82. The van der Waals surface area contributed by atoms with Crippen molar-refractivity contribution in [2.75, 3.05) is 11.0 Å². The van der Waals surface area contributed by atoms with Crippen LogP contribution in [0.4, 0.5) is 10.1 Å². The maximum Gasteiger partial charge on any atom is 0.262 e. The van der Waals surface area contributed by atoms with Crippen molar-refractivity contribution in [3.05, 3.63) is 52.8 Å². The molecule has 2 aromatic rings. The van der Waals surface area contributed by atoms with E-state index in [-0.39, 0.29) is 20.5 Å². The van der Waals surface area contributed by atoms with E-state index in [4.69, 9.17) is 11.6 Å². The summed E-state index contributed by atoms with van der Waals surface area (Å²) in [5.41, 5.74) is 0.130. The molecule has 0 aliphatic carbocycles. The van der Waals surface area contributed by atoms with E-state index in [9.17, 15) is 21.2 Å². The van der Waals surface area contributed by atoms with Crippen molar-refractivity contribution >= 4 is 37.1 Å². The fourth-order valence-corrected chi connectivity index (χ4v) is 4.96. The summed E-state index contributed by atoms with van der Waals surface area (Å²) in [5.74, 6) is -0.717. The van der Waals surface area contributed by atoms with Gasteiger partial charge in [0.05, 0.1) is 15.6 Å². The van der Waals surface area contributed by atoms with Gasteiger partial charge in [-0.2, -0.15) is 0 Å². The quantitative estimate of drug-likeness (QED) is 0.888. The predicted octanol–water partition coefficient (Wildman–Crippen LogP) is 2.99. The smallest absolute Gasteiger partial charge is 0.262 e. The Hall–Kier alpha value is -1.64. The van der Waals surface area contributed by atoms with Gasteiger partial charge in [0.25, 0.3) is 10.0 Å². The van der Waals surface area contributed by atoms with Crippen LogP contribution in [0.5, 0.6) is 0 Å². The minimum Gasteiger partial charge on any atom is -0.278 e. The number of hydrogen-bond acceptors (Lipinski definition) is 4. The molecule has 0 amide bonds. The van der Waals surface area contributed by atoms with E-state index in [0.717, 1.165) is 18.4 Å². The van der Waals surface area contributed by atoms with Crippen LogP contribution >= 0.6 is 11.6 Å². The van der Waals surface area contributed by atoms with Crippen LogP contribution in [0.15, 0.2) is 46.2 Å². The highest BCUT2D eigenvalue weighted by Crippen LogP contribution is 2.31. The Bertz CT molecular complexity index is 972. The first-order valence-electron chi connectivity index (χ1n) is 6.30. The average molecular weight is 378 g/mol. The third-order valence-electron chi connectivity index (χ3n) is 3.02. The molecular weight excluding hydrogens is 365 g/mol. The molecule has 0 unspecified atom stereocenters. The van der Waals surface area contributed by atoms with Crippen molar-refractivity contribution in [1.82, 2.24) is 0 Å². The second kappa shape index (κ2) is 6.10. The van der Waals surface area contributed by atoms with E-state index in [1.165, 1.54) is 31.2 Å². The van der Waals surface area contributed by atoms with Crippen molar-refractivity contribution in [3.63, 3.8) is 0 Å². The normalized spacial score (nSPS) is 12.2. The van der Waals surface area contributed by atoms with Crippen LogP contribution < -0.4 is 4.72 Å². The second-order valence-corrected chi connectivity index (χ2v) is 8.91. The van der Waals surface area contributed by atoms with E-state index in [1.54, 1.807) is 0 Å². The van der Waals surface area contributed by atoms with Crippen LogP contribution in [0.1, 0.15) is 5.56 Å². The molecule has 2 rings (SSSR count). The summed E-state index contributed by atoms with van der Waals surface area (Å²) in [6, 6.07) is 7.34. The Morgan fingerprint density at radius 2 is 1.74 bits per heavy atom. The summed E-state index contributed by atoms with van der Waals surface area (Å²) in [5, 5.41) is -0.108. The van der Waals surface area contributed by atoms with Gasteiger partial charge in [0.15, 0.2) is 9.84 Å². The van der Waals surface area contributed by atoms with Crippen LogP contribution in [0.25, 0.3) is 0 Å². The van der Waals surface area contributed by atoms with Gasteiger partial charge >= 0.3 is 0 Å². The summed E-state index contributed by atoms with van der Waals surface area (Å²) < 4.78 is 64.1. The second-order valence-electron chi connectivity index (χ2n) is 4.90. The van der Waals surface area contributed by atoms with Crippen LogP contribution in [0.2, 0.25) is 5.02 Å². The summed E-state index contributed by atoms with van der Waals surface area (Å²) in [7, 11) is -7.95. The molecule has 0 heterocycles. The van der Waals surface area contributed by atoms with E-state index >= 15 is 0 Å². The maximum absolute atomic E-state index is 13.3. The fourth-order valence-electron chi connectivity index (χ4n) is 2.03. The maximum atomic E-state index is 13.3. The molecule has 2 aromatic carbocycles. The van der Waals surface area contributed by atoms with Gasteiger partial charge in [-0.25, -0.2) is 21.2 Å². The van der Waals surface area contributed by atoms with E-state index in [1.807, 2.05) is 0 Å². The molecule has 0 radical (unpaired) electrons. The highest BCUT2D eigenvalue weighted by molar-refractivity contribution is 7.93. The van der Waals surface area contributed by atoms with Crippen LogP contribution in [0.3, 0.4) is 0 Å². The number of benzene rings is 2. The number of hydrogen-bond donors (Lipinski definition) is 1. The van der Waals surface area contributed by atoms with Gasteiger partial charge < -0.3 is 0 Å². The van der Waals surface area contributed by atoms with Gasteiger partial charge in [-0.15, -0.1) is 0 Å². The van der Waals surface area contributed by atoms with Crippen LogP contribution in [-0.4, -0.2) is 23.1 Å². The third-order valence-corrected chi connectivity index (χ3v) is 6.14. The fraction of sp³-hybridized carbons (Fsp3) is 0.143. The molecule has 9 heteroatoms. The molecule has 124 valence electrons. The number of sulfonamides is 1. The Balaban J connectivity index is 2.59. The molecule has 1 N–H and O–H groups in total. The van der Waals surface area contributed by atoms with Crippen LogP contribution in [-0.2, 0) is 19.9 Å². The standard InChI is InChI=1S/C14H13ClFNO4S2/c1-9-6-7-10(16)8-13(9)23(20,21)17-12-5-3-4-11(15)14(12)22(2,18)19/h3-8,17H,1-2H3. The van der Waals surface area contributed by atoms with Gasteiger partial charge in [0.2, 0.25) is 0 Å². The number of halogens is 2. The molecule has 0 aliphatic heterocycles. The lowest BCUT2D eigenvalue weighted by Gasteiger charge is -2.14. The van der Waals surface area contributed by atoms with Gasteiger partial charge in [-0.1, -0.05) is 23.7 Å². The lowest BCUT2D eigenvalue weighted by atomic mass is 10.2. The Labute approximate surface area is 139 Å². The number of anilines is 1. The number of nitrogens with one attached hydrogen (secondary N) is 1. The molecule has 0 saturated carbocycles. The molecular formula is C14H13ClFNO4S2. The lowest BCUT2D eigenvalue weighted by Crippen LogP contribution is -2.17. The highest BCUT2D eigenvalue weighted by Gasteiger charge is 2.23. The number of sulfone groups is 1. The Morgan fingerprint density at radius 3 is 2.35 bits per heavy atom. The zero-order valence-electron chi connectivity index (χ0n) is 12.2. The SMILES string of the molecule is Cc1ccc(F)cc1S(=O)(=O)Nc1cccc(Cl)c1S(C)(=O)=O. The van der Waals surface area contributed by atoms with E-state index < -0.39 is 25.7 Å². The zero-order chi connectivity index (χ0) is 17.4. The molecule has 23 heavy (non-hydrogen) atoms. The number of aryl methyl sites for hydroxylation is 1. The molecule has 0 bridgehead atoms. The minimum atomic E-state index is -4.18. The topological polar surface area (TPSA) is 80.3 Å². The molecule has 0 spiro atoms. The molecule has 0 aliphatic rings. The van der Waals surface area contributed by atoms with Crippen molar-refractivity contribution in [2.24, 2.45) is 0 Å². The first-order valence-corrected chi connectivity index (χ1v) is 10.0. The number of rotatable bonds is 4. The van der Waals surface area contributed by atoms with Crippen molar-refractivity contribution < 1.29 is 21.2 Å². The monoisotopic (exact) mass is 377 g/mol. The summed E-state index contributed by atoms with van der Waals surface area (Å²) in [6.07, 6.45) is 0.916. The van der Waals surface area contributed by atoms with Gasteiger partial charge in [-0.3, -0.25) is 4.72 Å². The minimum absolute atomic E-state index is 0.108. The highest BCUT2D eigenvalue weighted by atomic mass is 35.5. The molecule has 0 atom stereocenters. The first-order chi connectivity index (χ1) is 10.5. The van der Waals surface area contributed by atoms with E-state index in [2.05, 4.69) is 4.72 Å². The van der Waals surface area contributed by atoms with Crippen molar-refractivity contribution in [2.45, 2.75) is 16.7 Å². The van der Waals surface area contributed by atoms with Crippen LogP contribution in [0, 0.1) is 12.7 Å². The van der Waals surface area contributed by atoms with Gasteiger partial charge in [-0.05, 0) is 36.8 Å². The Kier molecular flexibility index (Phi) is 4.70. The molecule has 0 saturated heterocycles.